The number of fused-ring (bicyclic) bond motifs is 1. The van der Waals surface area contributed by atoms with E-state index < -0.39 is 0 Å². The zero-order valence-corrected chi connectivity index (χ0v) is 3.97. The Kier molecular flexibility index (Phi) is 0.498. The molecule has 0 amide bonds. The number of H-pyrrole nitrogens is 2. The number of aromatic amines is 2. The summed E-state index contributed by atoms with van der Waals surface area (Å²) in [6, 6.07) is 0. The van der Waals surface area contributed by atoms with Crippen LogP contribution in [-0.2, 0) is 0 Å². The first-order valence-corrected chi connectivity index (χ1v) is 2.22. The van der Waals surface area contributed by atoms with Gasteiger partial charge in [-0.05, 0) is 0 Å². The van der Waals surface area contributed by atoms with E-state index in [1.807, 2.05) is 0 Å². The summed E-state index contributed by atoms with van der Waals surface area (Å²) < 4.78 is 0. The molecule has 2 heterocycles. The molecule has 2 aromatic heterocycles. The minimum absolute atomic E-state index is 0.755. The van der Waals surface area contributed by atoms with Crippen LogP contribution in [0.1, 0.15) is 0 Å². The predicted molar refractivity (Wildman–Crippen MR) is 27.1 cm³/mol. The maximum atomic E-state index is 3.87. The number of nitrogens with zero attached hydrogens (tertiary/aromatic N) is 2. The standard InChI is InChI=1S/C4H3N4/c1-5-3-4(6-1)8-2-7-3/h1H,(H,5,6)(H,7,8). The quantitative estimate of drug-likeness (QED) is 0.501. The maximum absolute atomic E-state index is 3.87. The SMILES string of the molecule is [c]1nc2[nH]cnc2[nH]1. The van der Waals surface area contributed by atoms with E-state index in [0.29, 0.717) is 0 Å². The Morgan fingerprint density at radius 2 is 2.50 bits per heavy atom. The lowest BCUT2D eigenvalue weighted by molar-refractivity contribution is 1.22. The van der Waals surface area contributed by atoms with E-state index in [2.05, 4.69) is 26.3 Å². The molecular weight excluding hydrogens is 104 g/mol. The van der Waals surface area contributed by atoms with E-state index in [1.165, 1.54) is 0 Å². The van der Waals surface area contributed by atoms with Crippen molar-refractivity contribution in [2.75, 3.05) is 0 Å². The summed E-state index contributed by atoms with van der Waals surface area (Å²) in [5.41, 5.74) is 1.51. The van der Waals surface area contributed by atoms with E-state index in [-0.39, 0.29) is 0 Å². The van der Waals surface area contributed by atoms with E-state index in [9.17, 15) is 0 Å². The van der Waals surface area contributed by atoms with Crippen LogP contribution in [0.4, 0.5) is 0 Å². The van der Waals surface area contributed by atoms with Gasteiger partial charge in [-0.2, -0.15) is 0 Å². The van der Waals surface area contributed by atoms with Gasteiger partial charge in [0.1, 0.15) is 0 Å². The topological polar surface area (TPSA) is 57.4 Å². The van der Waals surface area contributed by atoms with Crippen molar-refractivity contribution in [1.29, 1.82) is 0 Å². The van der Waals surface area contributed by atoms with E-state index >= 15 is 0 Å². The van der Waals surface area contributed by atoms with Gasteiger partial charge in [0, 0.05) is 0 Å². The summed E-state index contributed by atoms with van der Waals surface area (Å²) in [4.78, 5) is 13.2. The van der Waals surface area contributed by atoms with Gasteiger partial charge in [-0.3, -0.25) is 0 Å². The zero-order valence-electron chi connectivity index (χ0n) is 3.97. The Hall–Kier alpha value is -1.32. The second kappa shape index (κ2) is 1.09. The van der Waals surface area contributed by atoms with Crippen LogP contribution in [-0.4, -0.2) is 19.9 Å². The molecule has 0 aliphatic carbocycles. The monoisotopic (exact) mass is 107 g/mol. The fourth-order valence-corrected chi connectivity index (χ4v) is 0.601. The number of imidazole rings is 2. The highest BCUT2D eigenvalue weighted by molar-refractivity contribution is 5.63. The van der Waals surface area contributed by atoms with Crippen LogP contribution in [0.25, 0.3) is 11.3 Å². The van der Waals surface area contributed by atoms with Gasteiger partial charge in [-0.15, -0.1) is 0 Å². The number of hydrogen-bond donors (Lipinski definition) is 2. The average Bonchev–Trinajstić information content (AvgIpc) is 2.15. The van der Waals surface area contributed by atoms with Gasteiger partial charge >= 0.3 is 0 Å². The lowest BCUT2D eigenvalue weighted by Crippen LogP contribution is -1.59. The van der Waals surface area contributed by atoms with Crippen molar-refractivity contribution >= 4 is 11.3 Å². The molecule has 0 saturated heterocycles. The Morgan fingerprint density at radius 3 is 3.38 bits per heavy atom. The minimum atomic E-state index is 0.755. The van der Waals surface area contributed by atoms with Crippen LogP contribution in [0.5, 0.6) is 0 Å². The van der Waals surface area contributed by atoms with Crippen molar-refractivity contribution in [3.8, 4) is 0 Å². The lowest BCUT2D eigenvalue weighted by atomic mass is 10.8. The van der Waals surface area contributed by atoms with Crippen LogP contribution in [0.15, 0.2) is 6.33 Å². The fraction of sp³-hybridized carbons (Fsp3) is 0. The van der Waals surface area contributed by atoms with Crippen LogP contribution < -0.4 is 0 Å². The van der Waals surface area contributed by atoms with Crippen molar-refractivity contribution < 1.29 is 0 Å². The Bertz CT molecular complexity index is 229. The van der Waals surface area contributed by atoms with Crippen molar-refractivity contribution in [3.63, 3.8) is 0 Å². The first kappa shape index (κ1) is 3.65. The van der Waals surface area contributed by atoms with Crippen molar-refractivity contribution in [1.82, 2.24) is 19.9 Å². The number of nitrogens with one attached hydrogen (secondary N) is 2. The van der Waals surface area contributed by atoms with Crippen LogP contribution in [0.3, 0.4) is 0 Å². The molecule has 0 unspecified atom stereocenters. The van der Waals surface area contributed by atoms with Gasteiger partial charge in [0.15, 0.2) is 17.6 Å². The molecular formula is C4H3N4. The molecule has 0 saturated carbocycles. The van der Waals surface area contributed by atoms with Gasteiger partial charge < -0.3 is 9.97 Å². The number of hydrogen-bond acceptors (Lipinski definition) is 2. The summed E-state index contributed by atoms with van der Waals surface area (Å²) in [6.07, 6.45) is 4.13. The third-order valence-electron chi connectivity index (χ3n) is 0.961. The average molecular weight is 107 g/mol. The predicted octanol–water partition coefficient (Wildman–Crippen LogP) is 0.0862. The summed E-state index contributed by atoms with van der Waals surface area (Å²) >= 11 is 0. The summed E-state index contributed by atoms with van der Waals surface area (Å²) in [5, 5.41) is 0. The number of aromatic nitrogens is 4. The molecule has 4 heteroatoms. The molecule has 2 rings (SSSR count). The second-order valence-corrected chi connectivity index (χ2v) is 1.45. The van der Waals surface area contributed by atoms with E-state index in [4.69, 9.17) is 0 Å². The van der Waals surface area contributed by atoms with Crippen molar-refractivity contribution in [2.45, 2.75) is 0 Å². The minimum Gasteiger partial charge on any atom is -0.328 e. The van der Waals surface area contributed by atoms with E-state index in [0.717, 1.165) is 11.3 Å². The third kappa shape index (κ3) is 0.294. The maximum Gasteiger partial charge on any atom is 0.177 e. The second-order valence-electron chi connectivity index (χ2n) is 1.45. The van der Waals surface area contributed by atoms with Crippen LogP contribution in [0.2, 0.25) is 0 Å². The molecule has 1 radical (unpaired) electrons. The molecule has 2 aromatic rings. The third-order valence-corrected chi connectivity index (χ3v) is 0.961. The van der Waals surface area contributed by atoms with Gasteiger partial charge in [0.2, 0.25) is 0 Å². The highest BCUT2D eigenvalue weighted by atomic mass is 15.1. The molecule has 0 bridgehead atoms. The molecule has 39 valence electrons. The summed E-state index contributed by atoms with van der Waals surface area (Å²) in [6.45, 7) is 0. The molecule has 0 fully saturated rings. The highest BCUT2D eigenvalue weighted by Gasteiger charge is 1.92. The van der Waals surface area contributed by atoms with Gasteiger partial charge in [0.25, 0.3) is 0 Å². The molecule has 0 atom stereocenters. The molecule has 0 aliphatic rings. The van der Waals surface area contributed by atoms with Gasteiger partial charge in [-0.25, -0.2) is 9.97 Å². The van der Waals surface area contributed by atoms with E-state index in [1.54, 1.807) is 6.33 Å². The molecule has 4 nitrogen and oxygen atoms in total. The zero-order chi connectivity index (χ0) is 5.40. The van der Waals surface area contributed by atoms with Crippen LogP contribution >= 0.6 is 0 Å². The molecule has 0 aromatic carbocycles. The normalized spacial score (nSPS) is 10.5. The summed E-state index contributed by atoms with van der Waals surface area (Å²) in [5.74, 6) is 0. The molecule has 8 heavy (non-hydrogen) atoms. The molecule has 2 N–H and O–H groups in total. The Balaban J connectivity index is 3.06. The Labute approximate surface area is 45.0 Å². The first-order valence-electron chi connectivity index (χ1n) is 2.22. The van der Waals surface area contributed by atoms with Gasteiger partial charge in [0.05, 0.1) is 6.33 Å². The smallest absolute Gasteiger partial charge is 0.177 e. The van der Waals surface area contributed by atoms with Crippen LogP contribution in [0, 0.1) is 6.33 Å². The fourth-order valence-electron chi connectivity index (χ4n) is 0.601. The molecule has 0 aliphatic heterocycles. The highest BCUT2D eigenvalue weighted by Crippen LogP contribution is 1.97. The lowest BCUT2D eigenvalue weighted by Gasteiger charge is -1.62. The van der Waals surface area contributed by atoms with Crippen molar-refractivity contribution in [3.05, 3.63) is 12.7 Å². The van der Waals surface area contributed by atoms with Gasteiger partial charge in [-0.1, -0.05) is 0 Å². The molecule has 0 spiro atoms. The first-order chi connectivity index (χ1) is 3.97. The summed E-state index contributed by atoms with van der Waals surface area (Å²) in [7, 11) is 0. The van der Waals surface area contributed by atoms with Crippen molar-refractivity contribution in [2.24, 2.45) is 0 Å². The number of rotatable bonds is 0. The Morgan fingerprint density at radius 1 is 1.50 bits per heavy atom. The largest absolute Gasteiger partial charge is 0.328 e.